The Bertz CT molecular complexity index is 1110. The highest BCUT2D eigenvalue weighted by Crippen LogP contribution is 2.44. The second-order valence-corrected chi connectivity index (χ2v) is 7.98. The number of hydrogen-bond acceptors (Lipinski definition) is 3. The van der Waals surface area contributed by atoms with Crippen LogP contribution in [0.25, 0.3) is 11.1 Å². The van der Waals surface area contributed by atoms with Crippen molar-refractivity contribution in [2.75, 3.05) is 13.2 Å². The maximum absolute atomic E-state index is 13.6. The minimum absolute atomic E-state index is 0.0336. The van der Waals surface area contributed by atoms with Gasteiger partial charge < -0.3 is 15.2 Å². The molecule has 0 radical (unpaired) electrons. The first-order chi connectivity index (χ1) is 15.2. The first-order valence-electron chi connectivity index (χ1n) is 9.85. The summed E-state index contributed by atoms with van der Waals surface area (Å²) < 4.78 is 46.2. The molecule has 1 aliphatic rings. The van der Waals surface area contributed by atoms with E-state index in [2.05, 4.69) is 0 Å². The molecule has 3 aromatic carbocycles. The van der Waals surface area contributed by atoms with Crippen LogP contribution < -0.4 is 5.32 Å². The number of fused-ring (bicyclic) bond motifs is 3. The van der Waals surface area contributed by atoms with Gasteiger partial charge in [-0.1, -0.05) is 72.3 Å². The number of rotatable bonds is 5. The average Bonchev–Trinajstić information content (AvgIpc) is 3.09. The third-order valence-electron chi connectivity index (χ3n) is 5.60. The Labute approximate surface area is 187 Å². The molecule has 0 aliphatic heterocycles. The molecule has 2 N–H and O–H groups in total. The van der Waals surface area contributed by atoms with Crippen molar-refractivity contribution < 1.29 is 27.8 Å². The normalized spacial score (nSPS) is 14.9. The monoisotopic (exact) mass is 461 g/mol. The van der Waals surface area contributed by atoms with Crippen molar-refractivity contribution in [3.05, 3.63) is 94.5 Å². The van der Waals surface area contributed by atoms with E-state index in [0.717, 1.165) is 34.4 Å². The summed E-state index contributed by atoms with van der Waals surface area (Å²) in [7, 11) is 0. The lowest BCUT2D eigenvalue weighted by Crippen LogP contribution is -2.51. The number of benzene rings is 3. The van der Waals surface area contributed by atoms with Crippen molar-refractivity contribution in [1.82, 2.24) is 5.32 Å². The third kappa shape index (κ3) is 4.06. The molecule has 4 rings (SSSR count). The van der Waals surface area contributed by atoms with Gasteiger partial charge >= 0.3 is 12.3 Å². The predicted octanol–water partition coefficient (Wildman–Crippen LogP) is 5.63. The topological polar surface area (TPSA) is 58.6 Å². The molecule has 0 saturated carbocycles. The van der Waals surface area contributed by atoms with Crippen molar-refractivity contribution in [3.63, 3.8) is 0 Å². The van der Waals surface area contributed by atoms with E-state index in [4.69, 9.17) is 16.3 Å². The van der Waals surface area contributed by atoms with E-state index in [-0.39, 0.29) is 17.5 Å². The summed E-state index contributed by atoms with van der Waals surface area (Å²) in [6.45, 7) is -1.17. The largest absolute Gasteiger partial charge is 0.449 e. The van der Waals surface area contributed by atoms with Gasteiger partial charge in [-0.05, 0) is 39.9 Å². The summed E-state index contributed by atoms with van der Waals surface area (Å²) in [5.74, 6) is -0.234. The van der Waals surface area contributed by atoms with Crippen LogP contribution in [0.5, 0.6) is 0 Å². The number of alkyl carbamates (subject to hydrolysis) is 1. The SMILES string of the molecule is O=C(NCC(O)(c1cccc(Cl)c1)C(F)(F)F)OCC1c2ccccc2-c2ccccc21. The molecule has 1 atom stereocenters. The molecule has 166 valence electrons. The molecule has 0 fully saturated rings. The van der Waals surface area contributed by atoms with Gasteiger partial charge in [0.1, 0.15) is 6.61 Å². The molecule has 1 aliphatic carbocycles. The number of halogens is 4. The van der Waals surface area contributed by atoms with Gasteiger partial charge in [-0.3, -0.25) is 0 Å². The van der Waals surface area contributed by atoms with Crippen molar-refractivity contribution in [3.8, 4) is 11.1 Å². The summed E-state index contributed by atoms with van der Waals surface area (Å²) in [5, 5.41) is 12.5. The Morgan fingerprint density at radius 1 is 0.969 bits per heavy atom. The van der Waals surface area contributed by atoms with Crippen LogP contribution in [0.4, 0.5) is 18.0 Å². The number of carbonyl (C=O) groups is 1. The molecular formula is C24H19ClF3NO3. The van der Waals surface area contributed by atoms with E-state index in [1.165, 1.54) is 12.1 Å². The summed E-state index contributed by atoms with van der Waals surface area (Å²) in [6.07, 6.45) is -6.11. The number of aliphatic hydroxyl groups is 1. The standard InChI is InChI=1S/C24H19ClF3NO3/c25-16-7-5-6-15(12-16)23(31,24(26,27)28)14-29-22(30)32-13-21-19-10-3-1-8-17(19)18-9-2-4-11-20(18)21/h1-12,21,31H,13-14H2,(H,29,30). The van der Waals surface area contributed by atoms with Crippen molar-refractivity contribution in [2.45, 2.75) is 17.7 Å². The second-order valence-electron chi connectivity index (χ2n) is 7.55. The molecule has 0 spiro atoms. The number of nitrogens with one attached hydrogen (secondary N) is 1. The molecule has 0 heterocycles. The highest BCUT2D eigenvalue weighted by atomic mass is 35.5. The van der Waals surface area contributed by atoms with Gasteiger partial charge in [0.25, 0.3) is 0 Å². The van der Waals surface area contributed by atoms with E-state index in [1.807, 2.05) is 53.8 Å². The van der Waals surface area contributed by atoms with Gasteiger partial charge in [-0.25, -0.2) is 4.79 Å². The Hall–Kier alpha value is -3.03. The smallest absolute Gasteiger partial charge is 0.423 e. The minimum atomic E-state index is -5.05. The van der Waals surface area contributed by atoms with Crippen LogP contribution in [0.1, 0.15) is 22.6 Å². The Kier molecular flexibility index (Phi) is 5.88. The van der Waals surface area contributed by atoms with Crippen LogP contribution in [0.2, 0.25) is 5.02 Å². The highest BCUT2D eigenvalue weighted by molar-refractivity contribution is 6.30. The average molecular weight is 462 g/mol. The van der Waals surface area contributed by atoms with E-state index >= 15 is 0 Å². The van der Waals surface area contributed by atoms with Gasteiger partial charge in [0.2, 0.25) is 5.60 Å². The molecule has 1 unspecified atom stereocenters. The van der Waals surface area contributed by atoms with Gasteiger partial charge in [-0.2, -0.15) is 13.2 Å². The quantitative estimate of drug-likeness (QED) is 0.518. The molecule has 1 amide bonds. The summed E-state index contributed by atoms with van der Waals surface area (Å²) >= 11 is 5.78. The molecular weight excluding hydrogens is 443 g/mol. The third-order valence-corrected chi connectivity index (χ3v) is 5.84. The summed E-state index contributed by atoms with van der Waals surface area (Å²) in [4.78, 5) is 12.3. The van der Waals surface area contributed by atoms with Crippen LogP contribution in [-0.4, -0.2) is 30.5 Å². The fourth-order valence-electron chi connectivity index (χ4n) is 3.96. The van der Waals surface area contributed by atoms with Crippen molar-refractivity contribution in [1.29, 1.82) is 0 Å². The van der Waals surface area contributed by atoms with Crippen molar-refractivity contribution >= 4 is 17.7 Å². The lowest BCUT2D eigenvalue weighted by atomic mass is 9.93. The Balaban J connectivity index is 1.46. The van der Waals surface area contributed by atoms with E-state index in [0.29, 0.717) is 0 Å². The first kappa shape index (κ1) is 22.2. The minimum Gasteiger partial charge on any atom is -0.449 e. The number of amides is 1. The van der Waals surface area contributed by atoms with E-state index in [9.17, 15) is 23.1 Å². The zero-order valence-electron chi connectivity index (χ0n) is 16.7. The van der Waals surface area contributed by atoms with Crippen LogP contribution in [0, 0.1) is 0 Å². The summed E-state index contributed by atoms with van der Waals surface area (Å²) in [6, 6.07) is 20.2. The number of ether oxygens (including phenoxy) is 1. The number of alkyl halides is 3. The fraction of sp³-hybridized carbons (Fsp3) is 0.208. The summed E-state index contributed by atoms with van der Waals surface area (Å²) in [5.41, 5.74) is 0.230. The van der Waals surface area contributed by atoms with Gasteiger partial charge in [0.05, 0.1) is 6.54 Å². The van der Waals surface area contributed by atoms with Gasteiger partial charge in [0.15, 0.2) is 0 Å². The zero-order chi connectivity index (χ0) is 22.9. The van der Waals surface area contributed by atoms with Gasteiger partial charge in [0, 0.05) is 10.9 Å². The number of carbonyl (C=O) groups excluding carboxylic acids is 1. The van der Waals surface area contributed by atoms with Crippen molar-refractivity contribution in [2.24, 2.45) is 0 Å². The van der Waals surface area contributed by atoms with Crippen LogP contribution >= 0.6 is 11.6 Å². The van der Waals surface area contributed by atoms with Crippen LogP contribution in [0.3, 0.4) is 0 Å². The predicted molar refractivity (Wildman–Crippen MR) is 114 cm³/mol. The molecule has 8 heteroatoms. The lowest BCUT2D eigenvalue weighted by Gasteiger charge is -2.31. The molecule has 32 heavy (non-hydrogen) atoms. The van der Waals surface area contributed by atoms with Crippen LogP contribution in [0.15, 0.2) is 72.8 Å². The number of hydrogen-bond donors (Lipinski definition) is 2. The van der Waals surface area contributed by atoms with Crippen LogP contribution in [-0.2, 0) is 10.3 Å². The van der Waals surface area contributed by atoms with Gasteiger partial charge in [-0.15, -0.1) is 0 Å². The molecule has 3 aromatic rings. The highest BCUT2D eigenvalue weighted by Gasteiger charge is 2.55. The Morgan fingerprint density at radius 3 is 2.12 bits per heavy atom. The first-order valence-corrected chi connectivity index (χ1v) is 10.2. The fourth-order valence-corrected chi connectivity index (χ4v) is 4.15. The maximum Gasteiger partial charge on any atom is 0.423 e. The second kappa shape index (κ2) is 8.48. The van der Waals surface area contributed by atoms with E-state index in [1.54, 1.807) is 0 Å². The van der Waals surface area contributed by atoms with E-state index < -0.39 is 30.0 Å². The zero-order valence-corrected chi connectivity index (χ0v) is 17.5. The molecule has 4 nitrogen and oxygen atoms in total. The molecule has 0 saturated heterocycles. The lowest BCUT2D eigenvalue weighted by molar-refractivity contribution is -0.263. The maximum atomic E-state index is 13.6. The molecule has 0 aromatic heterocycles. The molecule has 0 bridgehead atoms. The Morgan fingerprint density at radius 2 is 1.56 bits per heavy atom.